The molecule has 1 aromatic carbocycles. The van der Waals surface area contributed by atoms with Crippen LogP contribution in [0.3, 0.4) is 0 Å². The fraction of sp³-hybridized carbons (Fsp3) is 0.286. The van der Waals surface area contributed by atoms with Crippen molar-refractivity contribution in [2.24, 2.45) is 0 Å². The van der Waals surface area contributed by atoms with E-state index in [1.54, 1.807) is 18.2 Å². The molecule has 0 saturated heterocycles. The Balaban J connectivity index is 2.52. The largest absolute Gasteiger partial charge is 0.495 e. The molecule has 0 aliphatic carbocycles. The quantitative estimate of drug-likeness (QED) is 0.911. The summed E-state index contributed by atoms with van der Waals surface area (Å²) in [7, 11) is 1.51. The highest BCUT2D eigenvalue weighted by molar-refractivity contribution is 6.32. The molecular formula is C14H14ClNO4. The van der Waals surface area contributed by atoms with Gasteiger partial charge in [0.25, 0.3) is 0 Å². The van der Waals surface area contributed by atoms with Gasteiger partial charge in [-0.05, 0) is 24.6 Å². The molecule has 0 aliphatic heterocycles. The number of halogens is 1. The maximum Gasteiger partial charge on any atom is 0.341 e. The molecule has 106 valence electrons. The number of hydrogen-bond donors (Lipinski definition) is 1. The van der Waals surface area contributed by atoms with Crippen LogP contribution in [0.1, 0.15) is 29.5 Å². The summed E-state index contributed by atoms with van der Waals surface area (Å²) >= 11 is 6.05. The number of methoxy groups -OCH3 is 1. The van der Waals surface area contributed by atoms with E-state index in [9.17, 15) is 9.90 Å². The average Bonchev–Trinajstić information content (AvgIpc) is 2.83. The number of nitrogens with zero attached hydrogens (tertiary/aromatic N) is 1. The molecule has 2 aromatic rings. The van der Waals surface area contributed by atoms with Gasteiger partial charge in [0, 0.05) is 12.0 Å². The zero-order chi connectivity index (χ0) is 14.7. The van der Waals surface area contributed by atoms with Crippen LogP contribution in [-0.2, 0) is 6.42 Å². The smallest absolute Gasteiger partial charge is 0.341 e. The Morgan fingerprint density at radius 1 is 1.50 bits per heavy atom. The Morgan fingerprint density at radius 2 is 2.25 bits per heavy atom. The maximum atomic E-state index is 11.4. The van der Waals surface area contributed by atoms with Crippen LogP contribution in [-0.4, -0.2) is 23.3 Å². The number of aromatic carboxylic acids is 1. The summed E-state index contributed by atoms with van der Waals surface area (Å²) in [5, 5.41) is 13.6. The van der Waals surface area contributed by atoms with Gasteiger partial charge >= 0.3 is 5.97 Å². The van der Waals surface area contributed by atoms with Gasteiger partial charge in [0.15, 0.2) is 5.76 Å². The van der Waals surface area contributed by atoms with Gasteiger partial charge in [-0.1, -0.05) is 23.7 Å². The van der Waals surface area contributed by atoms with Gasteiger partial charge < -0.3 is 14.4 Å². The van der Waals surface area contributed by atoms with Crippen molar-refractivity contribution < 1.29 is 19.2 Å². The third kappa shape index (κ3) is 2.63. The van der Waals surface area contributed by atoms with Crippen molar-refractivity contribution in [1.82, 2.24) is 5.16 Å². The summed E-state index contributed by atoms with van der Waals surface area (Å²) in [6.45, 7) is 1.94. The van der Waals surface area contributed by atoms with Crippen molar-refractivity contribution in [3.05, 3.63) is 34.5 Å². The Bertz CT molecular complexity index is 636. The van der Waals surface area contributed by atoms with E-state index in [4.69, 9.17) is 20.9 Å². The van der Waals surface area contributed by atoms with Crippen molar-refractivity contribution in [3.63, 3.8) is 0 Å². The second-order valence-electron chi connectivity index (χ2n) is 4.23. The van der Waals surface area contributed by atoms with Gasteiger partial charge in [-0.25, -0.2) is 4.79 Å². The second-order valence-corrected chi connectivity index (χ2v) is 4.64. The van der Waals surface area contributed by atoms with Crippen LogP contribution in [0.15, 0.2) is 22.7 Å². The lowest BCUT2D eigenvalue weighted by atomic mass is 10.0. The van der Waals surface area contributed by atoms with Crippen molar-refractivity contribution in [2.45, 2.75) is 19.8 Å². The number of aromatic nitrogens is 1. The van der Waals surface area contributed by atoms with Gasteiger partial charge in [0.05, 0.1) is 12.1 Å². The Kier molecular flexibility index (Phi) is 4.29. The summed E-state index contributed by atoms with van der Waals surface area (Å²) < 4.78 is 10.2. The zero-order valence-corrected chi connectivity index (χ0v) is 11.9. The molecule has 0 fully saturated rings. The van der Waals surface area contributed by atoms with E-state index in [1.165, 1.54) is 7.11 Å². The first-order chi connectivity index (χ1) is 9.58. The number of rotatable bonds is 5. The summed E-state index contributed by atoms with van der Waals surface area (Å²) in [6.07, 6.45) is 1.30. The van der Waals surface area contributed by atoms with Crippen molar-refractivity contribution in [2.75, 3.05) is 7.11 Å². The molecule has 0 radical (unpaired) electrons. The molecule has 0 atom stereocenters. The number of carboxylic acid groups (broad SMARTS) is 1. The molecule has 0 saturated carbocycles. The SMILES string of the molecule is CCCc1onc(-c2ccc(OC)c(Cl)c2)c1C(=O)O. The van der Waals surface area contributed by atoms with E-state index < -0.39 is 5.97 Å². The molecule has 1 heterocycles. The molecule has 1 aromatic heterocycles. The number of aryl methyl sites for hydroxylation is 1. The summed E-state index contributed by atoms with van der Waals surface area (Å²) in [6, 6.07) is 4.97. The number of carboxylic acids is 1. The Hall–Kier alpha value is -2.01. The molecule has 5 nitrogen and oxygen atoms in total. The van der Waals surface area contributed by atoms with Crippen LogP contribution in [0.25, 0.3) is 11.3 Å². The van der Waals surface area contributed by atoms with E-state index in [1.807, 2.05) is 6.92 Å². The number of carbonyl (C=O) groups is 1. The molecule has 0 spiro atoms. The molecule has 0 unspecified atom stereocenters. The van der Waals surface area contributed by atoms with Crippen LogP contribution in [0.5, 0.6) is 5.75 Å². The van der Waals surface area contributed by atoms with Crippen LogP contribution in [0, 0.1) is 0 Å². The van der Waals surface area contributed by atoms with Gasteiger partial charge in [0.1, 0.15) is 17.0 Å². The third-order valence-corrected chi connectivity index (χ3v) is 3.17. The fourth-order valence-corrected chi connectivity index (χ4v) is 2.21. The van der Waals surface area contributed by atoms with Crippen molar-refractivity contribution in [3.8, 4) is 17.0 Å². The first-order valence-electron chi connectivity index (χ1n) is 6.14. The summed E-state index contributed by atoms with van der Waals surface area (Å²) in [5.74, 6) is -0.164. The first kappa shape index (κ1) is 14.4. The van der Waals surface area contributed by atoms with Crippen molar-refractivity contribution >= 4 is 17.6 Å². The highest BCUT2D eigenvalue weighted by atomic mass is 35.5. The monoisotopic (exact) mass is 295 g/mol. The molecular weight excluding hydrogens is 282 g/mol. The van der Waals surface area contributed by atoms with Crippen LogP contribution in [0.4, 0.5) is 0 Å². The predicted octanol–water partition coefficient (Wildman–Crippen LogP) is 3.65. The minimum Gasteiger partial charge on any atom is -0.495 e. The molecule has 6 heteroatoms. The molecule has 2 rings (SSSR count). The normalized spacial score (nSPS) is 10.6. The van der Waals surface area contributed by atoms with E-state index in [0.717, 1.165) is 6.42 Å². The third-order valence-electron chi connectivity index (χ3n) is 2.88. The zero-order valence-electron chi connectivity index (χ0n) is 11.1. The van der Waals surface area contributed by atoms with Gasteiger partial charge in [-0.15, -0.1) is 0 Å². The topological polar surface area (TPSA) is 72.6 Å². The number of benzene rings is 1. The average molecular weight is 296 g/mol. The van der Waals surface area contributed by atoms with Crippen LogP contribution < -0.4 is 4.74 Å². The maximum absolute atomic E-state index is 11.4. The molecule has 0 bridgehead atoms. The lowest BCUT2D eigenvalue weighted by Gasteiger charge is -2.04. The van der Waals surface area contributed by atoms with E-state index >= 15 is 0 Å². The second kappa shape index (κ2) is 5.96. The van der Waals surface area contributed by atoms with E-state index in [2.05, 4.69) is 5.16 Å². The van der Waals surface area contributed by atoms with Gasteiger partial charge in [-0.2, -0.15) is 0 Å². The van der Waals surface area contributed by atoms with Gasteiger partial charge in [0.2, 0.25) is 0 Å². The number of ether oxygens (including phenoxy) is 1. The minimum atomic E-state index is -1.06. The predicted molar refractivity (Wildman–Crippen MR) is 74.5 cm³/mol. The standard InChI is InChI=1S/C14H14ClNO4/c1-3-4-11-12(14(17)18)13(16-20-11)8-5-6-10(19-2)9(15)7-8/h5-7H,3-4H2,1-2H3,(H,17,18). The molecule has 20 heavy (non-hydrogen) atoms. The van der Waals surface area contributed by atoms with E-state index in [-0.39, 0.29) is 11.3 Å². The van der Waals surface area contributed by atoms with Gasteiger partial charge in [-0.3, -0.25) is 0 Å². The lowest BCUT2D eigenvalue weighted by Crippen LogP contribution is -2.01. The minimum absolute atomic E-state index is 0.0908. The Morgan fingerprint density at radius 3 is 2.80 bits per heavy atom. The summed E-state index contributed by atoms with van der Waals surface area (Å²) in [4.78, 5) is 11.4. The lowest BCUT2D eigenvalue weighted by molar-refractivity contribution is 0.0695. The van der Waals surface area contributed by atoms with Crippen LogP contribution in [0.2, 0.25) is 5.02 Å². The Labute approximate surface area is 121 Å². The molecule has 0 amide bonds. The van der Waals surface area contributed by atoms with E-state index in [0.29, 0.717) is 28.5 Å². The summed E-state index contributed by atoms with van der Waals surface area (Å²) in [5.41, 5.74) is 0.956. The number of hydrogen-bond acceptors (Lipinski definition) is 4. The van der Waals surface area contributed by atoms with Crippen LogP contribution >= 0.6 is 11.6 Å². The molecule has 0 aliphatic rings. The van der Waals surface area contributed by atoms with Crippen molar-refractivity contribution in [1.29, 1.82) is 0 Å². The molecule has 1 N–H and O–H groups in total. The first-order valence-corrected chi connectivity index (χ1v) is 6.52. The highest BCUT2D eigenvalue weighted by Gasteiger charge is 2.23. The fourth-order valence-electron chi connectivity index (χ4n) is 1.95. The highest BCUT2D eigenvalue weighted by Crippen LogP contribution is 2.32.